The topological polar surface area (TPSA) is 92.3 Å². The Kier molecular flexibility index (Phi) is 6.91. The molecule has 1 aliphatic rings. The van der Waals surface area contributed by atoms with Crippen LogP contribution >= 0.6 is 0 Å². The van der Waals surface area contributed by atoms with Crippen LogP contribution in [0.5, 0.6) is 0 Å². The molecule has 0 aliphatic carbocycles. The number of benzene rings is 2. The van der Waals surface area contributed by atoms with E-state index in [9.17, 15) is 4.79 Å². The molecule has 0 atom stereocenters. The molecule has 2 aromatic heterocycles. The van der Waals surface area contributed by atoms with Crippen LogP contribution in [-0.4, -0.2) is 47.2 Å². The van der Waals surface area contributed by atoms with Crippen LogP contribution in [0.2, 0.25) is 0 Å². The minimum Gasteiger partial charge on any atom is -0.378 e. The molecule has 2 aromatic carbocycles. The van der Waals surface area contributed by atoms with Crippen LogP contribution < -0.4 is 15.5 Å². The Morgan fingerprint density at radius 1 is 0.857 bits per heavy atom. The van der Waals surface area contributed by atoms with Crippen LogP contribution in [0, 0.1) is 0 Å². The van der Waals surface area contributed by atoms with E-state index in [1.54, 1.807) is 12.4 Å². The van der Waals surface area contributed by atoms with Gasteiger partial charge in [0.05, 0.1) is 25.3 Å². The lowest BCUT2D eigenvalue weighted by Crippen LogP contribution is -2.36. The van der Waals surface area contributed by atoms with Gasteiger partial charge in [0.25, 0.3) is 0 Å². The van der Waals surface area contributed by atoms with Crippen LogP contribution in [0.4, 0.5) is 23.0 Å². The molecule has 1 fully saturated rings. The summed E-state index contributed by atoms with van der Waals surface area (Å²) >= 11 is 0. The first-order valence-electron chi connectivity index (χ1n) is 11.6. The second kappa shape index (κ2) is 10.8. The second-order valence-corrected chi connectivity index (χ2v) is 8.16. The Hall–Kier alpha value is -4.30. The Bertz CT molecular complexity index is 1260. The molecule has 3 heterocycles. The molecule has 176 valence electrons. The zero-order valence-corrected chi connectivity index (χ0v) is 19.2. The summed E-state index contributed by atoms with van der Waals surface area (Å²) < 4.78 is 5.43. The van der Waals surface area contributed by atoms with Gasteiger partial charge in [-0.1, -0.05) is 18.2 Å². The number of carbonyl (C=O) groups excluding carboxylic acids is 1. The first-order chi connectivity index (χ1) is 17.2. The van der Waals surface area contributed by atoms with Crippen LogP contribution in [0.25, 0.3) is 11.3 Å². The standard InChI is InChI=1S/C27H26N6O2/c34-26(19-23-3-1-2-13-28-23)30-21-6-4-20(5-7-21)25-12-14-29-27(32-25)31-22-8-10-24(11-9-22)33-15-17-35-18-16-33/h1-14H,15-19H2,(H,30,34)(H,29,31,32). The molecule has 5 rings (SSSR count). The number of ether oxygens (including phenoxy) is 1. The van der Waals surface area contributed by atoms with E-state index in [2.05, 4.69) is 42.6 Å². The molecule has 0 saturated carbocycles. The van der Waals surface area contributed by atoms with E-state index in [1.165, 1.54) is 5.69 Å². The molecule has 8 nitrogen and oxygen atoms in total. The zero-order valence-electron chi connectivity index (χ0n) is 19.2. The normalized spacial score (nSPS) is 13.3. The molecule has 0 unspecified atom stereocenters. The van der Waals surface area contributed by atoms with Gasteiger partial charge in [0.2, 0.25) is 11.9 Å². The SMILES string of the molecule is O=C(Cc1ccccn1)Nc1ccc(-c2ccnc(Nc3ccc(N4CCOCC4)cc3)n2)cc1. The van der Waals surface area contributed by atoms with Gasteiger partial charge < -0.3 is 20.3 Å². The van der Waals surface area contributed by atoms with Gasteiger partial charge in [0, 0.05) is 53.8 Å². The van der Waals surface area contributed by atoms with Gasteiger partial charge in [-0.2, -0.15) is 0 Å². The number of nitrogens with one attached hydrogen (secondary N) is 2. The number of amides is 1. The van der Waals surface area contributed by atoms with Crippen molar-refractivity contribution in [2.75, 3.05) is 41.8 Å². The summed E-state index contributed by atoms with van der Waals surface area (Å²) in [6.45, 7) is 3.34. The fourth-order valence-electron chi connectivity index (χ4n) is 3.88. The summed E-state index contributed by atoms with van der Waals surface area (Å²) in [6.07, 6.45) is 3.65. The number of rotatable bonds is 7. The minimum atomic E-state index is -0.107. The molecule has 35 heavy (non-hydrogen) atoms. The Balaban J connectivity index is 1.21. The number of hydrogen-bond donors (Lipinski definition) is 2. The van der Waals surface area contributed by atoms with Crippen molar-refractivity contribution in [3.63, 3.8) is 0 Å². The highest BCUT2D eigenvalue weighted by Crippen LogP contribution is 2.23. The lowest BCUT2D eigenvalue weighted by molar-refractivity contribution is -0.115. The number of hydrogen-bond acceptors (Lipinski definition) is 7. The molecular weight excluding hydrogens is 440 g/mol. The van der Waals surface area contributed by atoms with E-state index in [0.29, 0.717) is 5.95 Å². The predicted molar refractivity (Wildman–Crippen MR) is 137 cm³/mol. The maximum atomic E-state index is 12.3. The first kappa shape index (κ1) is 22.5. The molecule has 0 bridgehead atoms. The predicted octanol–water partition coefficient (Wildman–Crippen LogP) is 4.30. The van der Waals surface area contributed by atoms with Crippen molar-refractivity contribution < 1.29 is 9.53 Å². The molecule has 0 radical (unpaired) electrons. The summed E-state index contributed by atoms with van der Waals surface area (Å²) in [6, 6.07) is 23.2. The van der Waals surface area contributed by atoms with Gasteiger partial charge in [-0.15, -0.1) is 0 Å². The van der Waals surface area contributed by atoms with E-state index in [-0.39, 0.29) is 12.3 Å². The van der Waals surface area contributed by atoms with Crippen LogP contribution in [0.1, 0.15) is 5.69 Å². The van der Waals surface area contributed by atoms with Gasteiger partial charge in [0.1, 0.15) is 0 Å². The van der Waals surface area contributed by atoms with Crippen molar-refractivity contribution in [1.82, 2.24) is 15.0 Å². The summed E-state index contributed by atoms with van der Waals surface area (Å²) in [5.41, 5.74) is 5.28. The molecule has 1 saturated heterocycles. The van der Waals surface area contributed by atoms with Crippen LogP contribution in [-0.2, 0) is 16.0 Å². The van der Waals surface area contributed by atoms with Gasteiger partial charge in [-0.3, -0.25) is 9.78 Å². The smallest absolute Gasteiger partial charge is 0.230 e. The third kappa shape index (κ3) is 5.99. The summed E-state index contributed by atoms with van der Waals surface area (Å²) in [4.78, 5) is 27.8. The van der Waals surface area contributed by atoms with Gasteiger partial charge in [-0.05, 0) is 54.6 Å². The van der Waals surface area contributed by atoms with E-state index in [4.69, 9.17) is 4.74 Å². The Labute approximate surface area is 204 Å². The van der Waals surface area contributed by atoms with Crippen molar-refractivity contribution in [2.24, 2.45) is 0 Å². The number of carbonyl (C=O) groups is 1. The van der Waals surface area contributed by atoms with Crippen molar-refractivity contribution in [2.45, 2.75) is 6.42 Å². The maximum Gasteiger partial charge on any atom is 0.230 e. The second-order valence-electron chi connectivity index (χ2n) is 8.16. The summed E-state index contributed by atoms with van der Waals surface area (Å²) in [7, 11) is 0. The quantitative estimate of drug-likeness (QED) is 0.420. The average molecular weight is 467 g/mol. The highest BCUT2D eigenvalue weighted by atomic mass is 16.5. The summed E-state index contributed by atoms with van der Waals surface area (Å²) in [5.74, 6) is 0.416. The number of pyridine rings is 1. The molecule has 1 aliphatic heterocycles. The van der Waals surface area contributed by atoms with E-state index >= 15 is 0 Å². The lowest BCUT2D eigenvalue weighted by Gasteiger charge is -2.28. The number of anilines is 4. The highest BCUT2D eigenvalue weighted by Gasteiger charge is 2.11. The van der Waals surface area contributed by atoms with E-state index < -0.39 is 0 Å². The molecule has 8 heteroatoms. The van der Waals surface area contributed by atoms with Crippen molar-refractivity contribution in [1.29, 1.82) is 0 Å². The van der Waals surface area contributed by atoms with Crippen LogP contribution in [0.15, 0.2) is 85.2 Å². The first-order valence-corrected chi connectivity index (χ1v) is 11.6. The Morgan fingerprint density at radius 3 is 2.37 bits per heavy atom. The molecule has 4 aromatic rings. The summed E-state index contributed by atoms with van der Waals surface area (Å²) in [5, 5.41) is 6.18. The minimum absolute atomic E-state index is 0.107. The van der Waals surface area contributed by atoms with Crippen molar-refractivity contribution in [3.05, 3.63) is 90.9 Å². The van der Waals surface area contributed by atoms with E-state index in [0.717, 1.165) is 54.6 Å². The third-order valence-corrected chi connectivity index (χ3v) is 5.69. The molecule has 1 amide bonds. The maximum absolute atomic E-state index is 12.3. The van der Waals surface area contributed by atoms with Gasteiger partial charge in [0.15, 0.2) is 0 Å². The van der Waals surface area contributed by atoms with Crippen molar-refractivity contribution in [3.8, 4) is 11.3 Å². The fourth-order valence-corrected chi connectivity index (χ4v) is 3.88. The van der Waals surface area contributed by atoms with E-state index in [1.807, 2.05) is 60.7 Å². The average Bonchev–Trinajstić information content (AvgIpc) is 2.91. The van der Waals surface area contributed by atoms with Crippen LogP contribution in [0.3, 0.4) is 0 Å². The van der Waals surface area contributed by atoms with Crippen molar-refractivity contribution >= 4 is 28.9 Å². The monoisotopic (exact) mass is 466 g/mol. The lowest BCUT2D eigenvalue weighted by atomic mass is 10.1. The fraction of sp³-hybridized carbons (Fsp3) is 0.185. The molecule has 0 spiro atoms. The van der Waals surface area contributed by atoms with Gasteiger partial charge >= 0.3 is 0 Å². The largest absolute Gasteiger partial charge is 0.378 e. The number of aromatic nitrogens is 3. The number of morpholine rings is 1. The zero-order chi connectivity index (χ0) is 23.9. The molecule has 2 N–H and O–H groups in total. The molecular formula is C27H26N6O2. The highest BCUT2D eigenvalue weighted by molar-refractivity contribution is 5.92. The van der Waals surface area contributed by atoms with Gasteiger partial charge in [-0.25, -0.2) is 9.97 Å². The Morgan fingerprint density at radius 2 is 1.63 bits per heavy atom. The number of nitrogens with zero attached hydrogens (tertiary/aromatic N) is 4. The third-order valence-electron chi connectivity index (χ3n) is 5.69.